The largest absolute Gasteiger partial charge is 0.495 e. The summed E-state index contributed by atoms with van der Waals surface area (Å²) < 4.78 is 36.3. The summed E-state index contributed by atoms with van der Waals surface area (Å²) in [5.41, 5.74) is 1.78. The molecule has 0 saturated heterocycles. The molecule has 2 aromatic rings. The number of halogens is 1. The molecule has 2 N–H and O–H groups in total. The molecule has 8 nitrogen and oxygen atoms in total. The third-order valence-electron chi connectivity index (χ3n) is 3.90. The first-order valence-corrected chi connectivity index (χ1v) is 10.5. The Labute approximate surface area is 179 Å². The summed E-state index contributed by atoms with van der Waals surface area (Å²) in [5.74, 6) is -1.15. The van der Waals surface area contributed by atoms with Gasteiger partial charge in [-0.25, -0.2) is 17.9 Å². The lowest BCUT2D eigenvalue weighted by atomic mass is 10.2. The first-order chi connectivity index (χ1) is 14.2. The number of esters is 1. The minimum atomic E-state index is -3.75. The molecule has 160 valence electrons. The molecule has 10 heteroatoms. The van der Waals surface area contributed by atoms with Gasteiger partial charge < -0.3 is 14.8 Å². The standard InChI is InChI=1S/C20H21ClN2O6S/c1-13-4-7-16(15(21)10-13)23-19(24)12-29-20(25)9-6-14-5-8-17(28-3)18(11-14)30(26,27)22-2/h4-11,22H,12H2,1-3H3,(H,23,24)/b9-6+. The number of carbonyl (C=O) groups is 2. The highest BCUT2D eigenvalue weighted by Gasteiger charge is 2.17. The highest BCUT2D eigenvalue weighted by atomic mass is 35.5. The van der Waals surface area contributed by atoms with Gasteiger partial charge in [0.15, 0.2) is 6.61 Å². The number of ether oxygens (including phenoxy) is 2. The fraction of sp³-hybridized carbons (Fsp3) is 0.200. The quantitative estimate of drug-likeness (QED) is 0.470. The van der Waals surface area contributed by atoms with E-state index < -0.39 is 28.5 Å². The SMILES string of the molecule is CNS(=O)(=O)c1cc(/C=C/C(=O)OCC(=O)Nc2ccc(C)cc2Cl)ccc1OC. The number of nitrogens with one attached hydrogen (secondary N) is 2. The second-order valence-electron chi connectivity index (χ2n) is 6.09. The summed E-state index contributed by atoms with van der Waals surface area (Å²) in [4.78, 5) is 23.7. The number of sulfonamides is 1. The Morgan fingerprint density at radius 1 is 1.17 bits per heavy atom. The van der Waals surface area contributed by atoms with Crippen LogP contribution in [0.2, 0.25) is 5.02 Å². The molecule has 0 fully saturated rings. The average Bonchev–Trinajstić information content (AvgIpc) is 2.72. The van der Waals surface area contributed by atoms with E-state index in [1.165, 1.54) is 32.4 Å². The van der Waals surface area contributed by atoms with Gasteiger partial charge in [-0.05, 0) is 55.4 Å². The van der Waals surface area contributed by atoms with Crippen LogP contribution in [0.1, 0.15) is 11.1 Å². The minimum absolute atomic E-state index is 0.0719. The molecule has 0 unspecified atom stereocenters. The molecule has 1 amide bonds. The Morgan fingerprint density at radius 3 is 2.53 bits per heavy atom. The third-order valence-corrected chi connectivity index (χ3v) is 5.65. The van der Waals surface area contributed by atoms with Crippen molar-refractivity contribution in [3.05, 3.63) is 58.6 Å². The van der Waals surface area contributed by atoms with Crippen LogP contribution in [-0.2, 0) is 24.3 Å². The summed E-state index contributed by atoms with van der Waals surface area (Å²) >= 11 is 6.04. The van der Waals surface area contributed by atoms with E-state index in [0.717, 1.165) is 11.6 Å². The maximum Gasteiger partial charge on any atom is 0.331 e. The highest BCUT2D eigenvalue weighted by molar-refractivity contribution is 7.89. The number of rotatable bonds is 8. The lowest BCUT2D eigenvalue weighted by Gasteiger charge is -2.09. The lowest BCUT2D eigenvalue weighted by molar-refractivity contribution is -0.142. The molecule has 0 aliphatic carbocycles. The average molecular weight is 453 g/mol. The zero-order chi connectivity index (χ0) is 22.3. The number of amides is 1. The molecule has 30 heavy (non-hydrogen) atoms. The Bertz CT molecular complexity index is 1080. The van der Waals surface area contributed by atoms with Gasteiger partial charge in [0.25, 0.3) is 5.91 Å². The molecular weight excluding hydrogens is 432 g/mol. The van der Waals surface area contributed by atoms with Crippen molar-refractivity contribution in [2.24, 2.45) is 0 Å². The fourth-order valence-corrected chi connectivity index (χ4v) is 3.58. The van der Waals surface area contributed by atoms with E-state index in [1.54, 1.807) is 24.3 Å². The molecule has 2 aromatic carbocycles. The van der Waals surface area contributed by atoms with Crippen LogP contribution in [0, 0.1) is 6.92 Å². The van der Waals surface area contributed by atoms with Crippen molar-refractivity contribution in [3.63, 3.8) is 0 Å². The van der Waals surface area contributed by atoms with Crippen LogP contribution in [0.15, 0.2) is 47.4 Å². The van der Waals surface area contributed by atoms with Crippen molar-refractivity contribution in [1.82, 2.24) is 4.72 Å². The van der Waals surface area contributed by atoms with E-state index in [1.807, 2.05) is 6.92 Å². The lowest BCUT2D eigenvalue weighted by Crippen LogP contribution is -2.20. The number of anilines is 1. The van der Waals surface area contributed by atoms with Gasteiger partial charge in [-0.3, -0.25) is 4.79 Å². The van der Waals surface area contributed by atoms with Gasteiger partial charge in [0, 0.05) is 6.08 Å². The van der Waals surface area contributed by atoms with Crippen LogP contribution in [0.5, 0.6) is 5.75 Å². The Hall–Kier alpha value is -2.88. The molecule has 0 heterocycles. The smallest absolute Gasteiger partial charge is 0.331 e. The van der Waals surface area contributed by atoms with E-state index in [0.29, 0.717) is 16.3 Å². The maximum atomic E-state index is 12.1. The second-order valence-corrected chi connectivity index (χ2v) is 8.35. The summed E-state index contributed by atoms with van der Waals surface area (Å²) in [6.45, 7) is 1.36. The predicted molar refractivity (Wildman–Crippen MR) is 114 cm³/mol. The van der Waals surface area contributed by atoms with Gasteiger partial charge in [0.2, 0.25) is 10.0 Å². The van der Waals surface area contributed by atoms with E-state index >= 15 is 0 Å². The fourth-order valence-electron chi connectivity index (χ4n) is 2.37. The Morgan fingerprint density at radius 2 is 1.90 bits per heavy atom. The van der Waals surface area contributed by atoms with Crippen LogP contribution >= 0.6 is 11.6 Å². The number of carbonyl (C=O) groups excluding carboxylic acids is 2. The van der Waals surface area contributed by atoms with Crippen molar-refractivity contribution in [2.45, 2.75) is 11.8 Å². The van der Waals surface area contributed by atoms with Gasteiger partial charge in [-0.1, -0.05) is 23.7 Å². The Balaban J connectivity index is 1.99. The van der Waals surface area contributed by atoms with Crippen LogP contribution in [0.25, 0.3) is 6.08 Å². The van der Waals surface area contributed by atoms with Crippen molar-refractivity contribution in [2.75, 3.05) is 26.1 Å². The van der Waals surface area contributed by atoms with Gasteiger partial charge in [-0.15, -0.1) is 0 Å². The molecule has 0 spiro atoms. The van der Waals surface area contributed by atoms with Gasteiger partial charge in [0.1, 0.15) is 10.6 Å². The maximum absolute atomic E-state index is 12.1. The summed E-state index contributed by atoms with van der Waals surface area (Å²) in [6.07, 6.45) is 2.45. The number of benzene rings is 2. The van der Waals surface area contributed by atoms with E-state index in [-0.39, 0.29) is 10.6 Å². The molecule has 0 saturated carbocycles. The zero-order valence-corrected chi connectivity index (χ0v) is 18.1. The molecule has 0 aromatic heterocycles. The molecule has 2 rings (SSSR count). The van der Waals surface area contributed by atoms with Crippen molar-refractivity contribution >= 4 is 45.3 Å². The normalized spacial score (nSPS) is 11.3. The zero-order valence-electron chi connectivity index (χ0n) is 16.6. The molecule has 0 radical (unpaired) electrons. The summed E-state index contributed by atoms with van der Waals surface area (Å²) in [6, 6.07) is 9.52. The molecule has 0 atom stereocenters. The second kappa shape index (κ2) is 10.2. The summed E-state index contributed by atoms with van der Waals surface area (Å²) in [7, 11) is -1.11. The molecule has 0 aliphatic rings. The van der Waals surface area contributed by atoms with Crippen LogP contribution in [0.4, 0.5) is 5.69 Å². The topological polar surface area (TPSA) is 111 Å². The van der Waals surface area contributed by atoms with Crippen molar-refractivity contribution in [1.29, 1.82) is 0 Å². The van der Waals surface area contributed by atoms with Crippen molar-refractivity contribution < 1.29 is 27.5 Å². The molecule has 0 bridgehead atoms. The van der Waals surface area contributed by atoms with Gasteiger partial charge in [-0.2, -0.15) is 0 Å². The van der Waals surface area contributed by atoms with E-state index in [2.05, 4.69) is 10.0 Å². The number of hydrogen-bond acceptors (Lipinski definition) is 6. The Kier molecular flexibility index (Phi) is 7.99. The van der Waals surface area contributed by atoms with Gasteiger partial charge in [0.05, 0.1) is 17.8 Å². The van der Waals surface area contributed by atoms with E-state index in [9.17, 15) is 18.0 Å². The number of hydrogen-bond donors (Lipinski definition) is 2. The van der Waals surface area contributed by atoms with E-state index in [4.69, 9.17) is 21.1 Å². The first kappa shape index (κ1) is 23.4. The van der Waals surface area contributed by atoms with Crippen LogP contribution < -0.4 is 14.8 Å². The van der Waals surface area contributed by atoms with Gasteiger partial charge >= 0.3 is 5.97 Å². The van der Waals surface area contributed by atoms with Crippen molar-refractivity contribution in [3.8, 4) is 5.75 Å². The highest BCUT2D eigenvalue weighted by Crippen LogP contribution is 2.25. The molecular formula is C20H21ClN2O6S. The number of methoxy groups -OCH3 is 1. The molecule has 0 aliphatic heterocycles. The van der Waals surface area contributed by atoms with Crippen LogP contribution in [-0.4, -0.2) is 41.1 Å². The monoisotopic (exact) mass is 452 g/mol. The van der Waals surface area contributed by atoms with Crippen LogP contribution in [0.3, 0.4) is 0 Å². The minimum Gasteiger partial charge on any atom is -0.495 e. The first-order valence-electron chi connectivity index (χ1n) is 8.68. The summed E-state index contributed by atoms with van der Waals surface area (Å²) in [5, 5.41) is 2.93. The predicted octanol–water partition coefficient (Wildman–Crippen LogP) is 2.76. The third kappa shape index (κ3) is 6.31. The number of aryl methyl sites for hydroxylation is 1.